The maximum absolute atomic E-state index is 13.1. The van der Waals surface area contributed by atoms with Crippen molar-refractivity contribution in [2.75, 3.05) is 31.6 Å². The molecular weight excluding hydrogens is 410 g/mol. The van der Waals surface area contributed by atoms with Crippen LogP contribution in [0.15, 0.2) is 41.4 Å². The lowest BCUT2D eigenvalue weighted by atomic mass is 10.3. The van der Waals surface area contributed by atoms with E-state index in [0.29, 0.717) is 0 Å². The van der Waals surface area contributed by atoms with Crippen molar-refractivity contribution in [3.63, 3.8) is 0 Å². The second-order valence-electron chi connectivity index (χ2n) is 5.50. The van der Waals surface area contributed by atoms with Crippen LogP contribution in [0.1, 0.15) is 17.4 Å². The van der Waals surface area contributed by atoms with Gasteiger partial charge in [-0.3, -0.25) is 4.79 Å². The van der Waals surface area contributed by atoms with Gasteiger partial charge >= 0.3 is 5.97 Å². The molecule has 1 heterocycles. The Morgan fingerprint density at radius 1 is 1.29 bits per heavy atom. The van der Waals surface area contributed by atoms with Crippen molar-refractivity contribution in [2.24, 2.45) is 0 Å². The van der Waals surface area contributed by atoms with Crippen molar-refractivity contribution in [3.05, 3.63) is 47.2 Å². The van der Waals surface area contributed by atoms with Crippen LogP contribution < -0.4 is 10.6 Å². The number of aliphatic hydroxyl groups is 1. The lowest BCUT2D eigenvalue weighted by Gasteiger charge is -2.15. The molecule has 3 N–H and O–H groups in total. The minimum absolute atomic E-state index is 0.00343. The summed E-state index contributed by atoms with van der Waals surface area (Å²) in [6.07, 6.45) is 1.21. The van der Waals surface area contributed by atoms with Crippen LogP contribution in [0, 0.1) is 0 Å². The van der Waals surface area contributed by atoms with Crippen LogP contribution >= 0.6 is 11.6 Å². The second kappa shape index (κ2) is 9.69. The standard InChI is InChI=1S/C17H20ClN3O6S/c1-2-27-17(24)14-4-3-8-21(14)28(25,26)15-10-12(18)5-6-13(15)20-16(23)11-19-7-9-22/h3-6,8,10,19,22H,2,7,9,11H2,1H3,(H,20,23). The molecule has 0 radical (unpaired) electrons. The molecule has 0 fully saturated rings. The molecule has 0 aliphatic carbocycles. The maximum atomic E-state index is 13.1. The predicted octanol–water partition coefficient (Wildman–Crippen LogP) is 1.08. The zero-order valence-electron chi connectivity index (χ0n) is 15.0. The number of hydrogen-bond acceptors (Lipinski definition) is 7. The molecule has 0 aliphatic heterocycles. The van der Waals surface area contributed by atoms with Gasteiger partial charge in [-0.15, -0.1) is 0 Å². The highest BCUT2D eigenvalue weighted by molar-refractivity contribution is 7.90. The Morgan fingerprint density at radius 3 is 2.71 bits per heavy atom. The van der Waals surface area contributed by atoms with E-state index in [4.69, 9.17) is 21.4 Å². The molecule has 0 aliphatic rings. The first kappa shape index (κ1) is 21.9. The van der Waals surface area contributed by atoms with Crippen LogP contribution in [0.4, 0.5) is 5.69 Å². The molecule has 0 saturated carbocycles. The highest BCUT2D eigenvalue weighted by Crippen LogP contribution is 2.28. The molecule has 0 bridgehead atoms. The lowest BCUT2D eigenvalue weighted by molar-refractivity contribution is -0.115. The van der Waals surface area contributed by atoms with Crippen LogP contribution in [0.25, 0.3) is 0 Å². The van der Waals surface area contributed by atoms with Crippen molar-refractivity contribution >= 4 is 39.2 Å². The van der Waals surface area contributed by atoms with E-state index in [-0.39, 0.29) is 47.6 Å². The number of aromatic nitrogens is 1. The molecule has 0 unspecified atom stereocenters. The van der Waals surface area contributed by atoms with Gasteiger partial charge < -0.3 is 20.5 Å². The predicted molar refractivity (Wildman–Crippen MR) is 103 cm³/mol. The molecule has 2 rings (SSSR count). The summed E-state index contributed by atoms with van der Waals surface area (Å²) in [7, 11) is -4.26. The second-order valence-corrected chi connectivity index (χ2v) is 7.72. The zero-order chi connectivity index (χ0) is 20.7. The molecule has 1 aromatic heterocycles. The van der Waals surface area contributed by atoms with E-state index in [1.165, 1.54) is 36.5 Å². The minimum atomic E-state index is -4.26. The van der Waals surface area contributed by atoms with E-state index in [0.717, 1.165) is 3.97 Å². The fourth-order valence-corrected chi connectivity index (χ4v) is 4.08. The first-order valence-electron chi connectivity index (χ1n) is 8.32. The van der Waals surface area contributed by atoms with Crippen LogP contribution in [0.5, 0.6) is 0 Å². The Bertz CT molecular complexity index is 958. The summed E-state index contributed by atoms with van der Waals surface area (Å²) >= 11 is 5.96. The molecule has 28 heavy (non-hydrogen) atoms. The molecule has 0 spiro atoms. The number of hydrogen-bond donors (Lipinski definition) is 3. The van der Waals surface area contributed by atoms with Gasteiger partial charge in [0.1, 0.15) is 10.6 Å². The Kier molecular flexibility index (Phi) is 7.58. The number of amides is 1. The molecule has 152 valence electrons. The molecule has 0 atom stereocenters. The van der Waals surface area contributed by atoms with Gasteiger partial charge in [-0.05, 0) is 37.3 Å². The van der Waals surface area contributed by atoms with Crippen molar-refractivity contribution in [2.45, 2.75) is 11.8 Å². The van der Waals surface area contributed by atoms with Crippen molar-refractivity contribution < 1.29 is 27.9 Å². The number of rotatable bonds is 9. The van der Waals surface area contributed by atoms with Crippen molar-refractivity contribution in [1.82, 2.24) is 9.29 Å². The van der Waals surface area contributed by atoms with E-state index < -0.39 is 21.9 Å². The maximum Gasteiger partial charge on any atom is 0.355 e. The molecule has 1 aromatic carbocycles. The monoisotopic (exact) mass is 429 g/mol. The third-order valence-electron chi connectivity index (χ3n) is 3.53. The number of aliphatic hydroxyl groups excluding tert-OH is 1. The first-order chi connectivity index (χ1) is 13.3. The fourth-order valence-electron chi connectivity index (χ4n) is 2.33. The highest BCUT2D eigenvalue weighted by Gasteiger charge is 2.27. The largest absolute Gasteiger partial charge is 0.461 e. The average molecular weight is 430 g/mol. The lowest BCUT2D eigenvalue weighted by Crippen LogP contribution is -2.30. The van der Waals surface area contributed by atoms with Gasteiger partial charge in [0.2, 0.25) is 5.91 Å². The third kappa shape index (κ3) is 5.10. The van der Waals surface area contributed by atoms with E-state index in [1.54, 1.807) is 6.92 Å². The molecular formula is C17H20ClN3O6S. The summed E-state index contributed by atoms with van der Waals surface area (Å²) in [4.78, 5) is 23.8. The molecule has 11 heteroatoms. The number of ether oxygens (including phenoxy) is 1. The average Bonchev–Trinajstić information content (AvgIpc) is 3.14. The van der Waals surface area contributed by atoms with Crippen molar-refractivity contribution in [3.8, 4) is 0 Å². The van der Waals surface area contributed by atoms with Crippen molar-refractivity contribution in [1.29, 1.82) is 0 Å². The highest BCUT2D eigenvalue weighted by atomic mass is 35.5. The summed E-state index contributed by atoms with van der Waals surface area (Å²) in [5, 5.41) is 14.0. The third-order valence-corrected chi connectivity index (χ3v) is 5.49. The topological polar surface area (TPSA) is 127 Å². The van der Waals surface area contributed by atoms with Crippen LogP contribution in [-0.2, 0) is 19.6 Å². The van der Waals surface area contributed by atoms with Gasteiger partial charge in [0.05, 0.1) is 25.4 Å². The van der Waals surface area contributed by atoms with Gasteiger partial charge in [0.15, 0.2) is 0 Å². The van der Waals surface area contributed by atoms with Crippen LogP contribution in [0.3, 0.4) is 0 Å². The van der Waals surface area contributed by atoms with Gasteiger partial charge in [-0.1, -0.05) is 11.6 Å². The zero-order valence-corrected chi connectivity index (χ0v) is 16.6. The number of benzene rings is 1. The van der Waals surface area contributed by atoms with Gasteiger partial charge in [-0.25, -0.2) is 17.2 Å². The number of nitrogens with zero attached hydrogens (tertiary/aromatic N) is 1. The molecule has 2 aromatic rings. The Hall–Kier alpha value is -2.40. The molecule has 0 saturated heterocycles. The van der Waals surface area contributed by atoms with E-state index in [1.807, 2.05) is 0 Å². The quantitative estimate of drug-likeness (QED) is 0.402. The Balaban J connectivity index is 2.41. The summed E-state index contributed by atoms with van der Waals surface area (Å²) < 4.78 is 31.9. The molecule has 1 amide bonds. The Labute approximate surface area is 167 Å². The number of halogens is 1. The van der Waals surface area contributed by atoms with Crippen LogP contribution in [-0.4, -0.2) is 55.7 Å². The van der Waals surface area contributed by atoms with Gasteiger partial charge in [0.25, 0.3) is 10.0 Å². The van der Waals surface area contributed by atoms with E-state index >= 15 is 0 Å². The number of carbonyl (C=O) groups is 2. The summed E-state index contributed by atoms with van der Waals surface area (Å²) in [6, 6.07) is 6.68. The van der Waals surface area contributed by atoms with Gasteiger partial charge in [0, 0.05) is 17.8 Å². The summed E-state index contributed by atoms with van der Waals surface area (Å²) in [5.74, 6) is -1.30. The van der Waals surface area contributed by atoms with Crippen LogP contribution in [0.2, 0.25) is 5.02 Å². The summed E-state index contributed by atoms with van der Waals surface area (Å²) in [5.41, 5.74) is -0.174. The SMILES string of the molecule is CCOC(=O)c1cccn1S(=O)(=O)c1cc(Cl)ccc1NC(=O)CNCCO. The van der Waals surface area contributed by atoms with E-state index in [2.05, 4.69) is 10.6 Å². The number of nitrogens with one attached hydrogen (secondary N) is 2. The normalized spacial score (nSPS) is 11.2. The smallest absolute Gasteiger partial charge is 0.355 e. The number of carbonyl (C=O) groups excluding carboxylic acids is 2. The summed E-state index contributed by atoms with van der Waals surface area (Å²) in [6.45, 7) is 1.64. The molecule has 9 nitrogen and oxygen atoms in total. The Morgan fingerprint density at radius 2 is 2.04 bits per heavy atom. The fraction of sp³-hybridized carbons (Fsp3) is 0.294. The number of esters is 1. The number of anilines is 1. The minimum Gasteiger partial charge on any atom is -0.461 e. The first-order valence-corrected chi connectivity index (χ1v) is 10.1. The van der Waals surface area contributed by atoms with Gasteiger partial charge in [-0.2, -0.15) is 0 Å². The van der Waals surface area contributed by atoms with E-state index in [9.17, 15) is 18.0 Å².